The van der Waals surface area contributed by atoms with E-state index in [1.165, 1.54) is 49.9 Å². The van der Waals surface area contributed by atoms with E-state index in [1.54, 1.807) is 10.8 Å². The molecule has 2 fully saturated rings. The number of nitrogens with zero attached hydrogens (tertiary/aromatic N) is 6. The topological polar surface area (TPSA) is 300 Å². The Labute approximate surface area is 333 Å². The first kappa shape index (κ1) is 39.8. The molecule has 4 atom stereocenters. The number of aromatic nitrogens is 2. The van der Waals surface area contributed by atoms with Crippen LogP contribution in [-0.4, -0.2) is 130 Å². The van der Waals surface area contributed by atoms with Crippen molar-refractivity contribution in [1.29, 1.82) is 0 Å². The number of thioether (sulfide) groups is 2. The van der Waals surface area contributed by atoms with Crippen LogP contribution in [0.5, 0.6) is 0 Å². The average molecular weight is 805 g/mol. The van der Waals surface area contributed by atoms with Crippen LogP contribution in [0, 0.1) is 0 Å². The third-order valence-electron chi connectivity index (χ3n) is 7.05. The van der Waals surface area contributed by atoms with Gasteiger partial charge in [-0.15, -0.1) is 22.7 Å². The van der Waals surface area contributed by atoms with E-state index in [9.17, 15) is 39.0 Å². The van der Waals surface area contributed by atoms with E-state index in [2.05, 4.69) is 40.6 Å². The second kappa shape index (κ2) is 16.2. The minimum absolute atomic E-state index is 0. The number of anilines is 2. The molecule has 0 aliphatic carbocycles. The maximum atomic E-state index is 12.1. The first-order chi connectivity index (χ1) is 23.7. The molecule has 264 valence electrons. The van der Waals surface area contributed by atoms with Crippen LogP contribution >= 0.6 is 46.2 Å². The number of rotatable bonds is 10. The standard InChI is InChI=1S/2C13H13N5O5S2.Ca/c2*1-23-15-4-8(19)17-13(7-5-24-12(14)16-7)3-6(11(21)22)18-9(20)2-10(18)25-13;/h2*3-5,10H,2H2,1H3,(H2,14,16)(H,17,19)(H,21,22);/q;;+2/p-2/t2*10-,13?;/m11./s1. The van der Waals surface area contributed by atoms with Gasteiger partial charge in [0.05, 0.1) is 58.3 Å². The van der Waals surface area contributed by atoms with Crippen LogP contribution in [0.1, 0.15) is 24.2 Å². The normalized spacial score (nSPS) is 24.7. The molecule has 4 amide bonds. The number of fused-ring (bicyclic) bond motifs is 2. The summed E-state index contributed by atoms with van der Waals surface area (Å²) in [4.78, 5) is 87.5. The summed E-state index contributed by atoms with van der Waals surface area (Å²) >= 11 is 4.63. The summed E-state index contributed by atoms with van der Waals surface area (Å²) in [6, 6.07) is 0. The Morgan fingerprint density at radius 2 is 1.20 bits per heavy atom. The Balaban J connectivity index is 0.000000224. The van der Waals surface area contributed by atoms with Crippen molar-refractivity contribution >= 4 is 142 Å². The van der Waals surface area contributed by atoms with Crippen LogP contribution in [0.4, 0.5) is 10.3 Å². The monoisotopic (exact) mass is 804 g/mol. The zero-order chi connectivity index (χ0) is 36.4. The average Bonchev–Trinajstić information content (AvgIpc) is 3.70. The van der Waals surface area contributed by atoms with Gasteiger partial charge in [-0.3, -0.25) is 29.0 Å². The van der Waals surface area contributed by atoms with Crippen molar-refractivity contribution in [2.75, 3.05) is 25.7 Å². The molecule has 2 saturated heterocycles. The first-order valence-corrected chi connectivity index (χ1v) is 17.3. The van der Waals surface area contributed by atoms with Crippen molar-refractivity contribution in [3.63, 3.8) is 0 Å². The predicted octanol–water partition coefficient (Wildman–Crippen LogP) is -3.25. The molecule has 0 spiro atoms. The van der Waals surface area contributed by atoms with Crippen molar-refractivity contribution < 1.29 is 48.7 Å². The molecule has 2 aromatic rings. The van der Waals surface area contributed by atoms with Crippen LogP contribution < -0.4 is 32.3 Å². The Morgan fingerprint density at radius 3 is 1.47 bits per heavy atom. The SMILES string of the molecule is CON=CC(=O)NC1(c2csc(N)n2)C=C(C(=O)[O-])N2C(=O)C[C@H]2S1.CON=CC(=O)NC1(c2csc(N)n2)C=C(C(=O)[O-])N2C(=O)C[C@H]2S1.[Ca+2]. The quantitative estimate of drug-likeness (QED) is 0.0794. The number of oxime groups is 2. The van der Waals surface area contributed by atoms with Gasteiger partial charge in [-0.2, -0.15) is 0 Å². The Morgan fingerprint density at radius 1 is 0.824 bits per heavy atom. The summed E-state index contributed by atoms with van der Waals surface area (Å²) in [5, 5.41) is 37.8. The number of carbonyl (C=O) groups is 6. The van der Waals surface area contributed by atoms with Crippen LogP contribution in [0.3, 0.4) is 0 Å². The third kappa shape index (κ3) is 8.26. The molecular weight excluding hydrogens is 781 g/mol. The zero-order valence-corrected chi connectivity index (χ0v) is 31.8. The summed E-state index contributed by atoms with van der Waals surface area (Å²) < 4.78 is 0. The molecule has 0 radical (unpaired) electrons. The number of thiazole rings is 2. The molecule has 0 saturated carbocycles. The molecule has 2 aromatic heterocycles. The van der Waals surface area contributed by atoms with E-state index in [0.717, 1.165) is 44.9 Å². The summed E-state index contributed by atoms with van der Waals surface area (Å²) in [6.07, 6.45) is 4.55. The number of carbonyl (C=O) groups excluding carboxylic acids is 6. The van der Waals surface area contributed by atoms with Gasteiger partial charge in [0.25, 0.3) is 11.8 Å². The van der Waals surface area contributed by atoms with Gasteiger partial charge in [0.2, 0.25) is 11.8 Å². The van der Waals surface area contributed by atoms with Crippen molar-refractivity contribution in [1.82, 2.24) is 30.4 Å². The fraction of sp³-hybridized carbons (Fsp3) is 0.308. The summed E-state index contributed by atoms with van der Waals surface area (Å²) in [5.41, 5.74) is 11.4. The first-order valence-electron chi connectivity index (χ1n) is 13.8. The maximum Gasteiger partial charge on any atom is 2.00 e. The van der Waals surface area contributed by atoms with E-state index in [4.69, 9.17) is 11.5 Å². The molecule has 4 aliphatic rings. The minimum Gasteiger partial charge on any atom is -0.543 e. The van der Waals surface area contributed by atoms with Gasteiger partial charge < -0.3 is 51.6 Å². The predicted molar refractivity (Wildman–Crippen MR) is 181 cm³/mol. The number of amides is 4. The Bertz CT molecular complexity index is 1750. The number of hydrogen-bond donors (Lipinski definition) is 4. The largest absolute Gasteiger partial charge is 2.00 e. The molecule has 20 nitrogen and oxygen atoms in total. The number of nitrogens with two attached hydrogens (primary N) is 2. The molecular formula is C26H24CaN10O10S4. The number of nitrogens with one attached hydrogen (secondary N) is 2. The van der Waals surface area contributed by atoms with E-state index >= 15 is 0 Å². The smallest absolute Gasteiger partial charge is 0.543 e. The molecule has 0 aromatic carbocycles. The third-order valence-corrected chi connectivity index (χ3v) is 11.3. The summed E-state index contributed by atoms with van der Waals surface area (Å²) in [7, 11) is 2.56. The number of hydrogen-bond acceptors (Lipinski definition) is 20. The van der Waals surface area contributed by atoms with Gasteiger partial charge in [-0.05, 0) is 12.2 Å². The maximum absolute atomic E-state index is 12.1. The van der Waals surface area contributed by atoms with E-state index < -0.39 is 44.2 Å². The van der Waals surface area contributed by atoms with Crippen molar-refractivity contribution in [2.45, 2.75) is 33.3 Å². The van der Waals surface area contributed by atoms with Crippen LogP contribution in [0.25, 0.3) is 0 Å². The number of nitrogen functional groups attached to an aromatic ring is 2. The van der Waals surface area contributed by atoms with Gasteiger partial charge in [0, 0.05) is 10.8 Å². The minimum atomic E-state index is -1.52. The molecule has 6 heterocycles. The molecule has 4 aliphatic heterocycles. The molecule has 6 rings (SSSR count). The van der Waals surface area contributed by atoms with Crippen LogP contribution in [0.2, 0.25) is 0 Å². The van der Waals surface area contributed by atoms with Gasteiger partial charge in [-0.25, -0.2) is 9.97 Å². The Hall–Kier alpha value is -3.94. The van der Waals surface area contributed by atoms with Crippen LogP contribution in [0.15, 0.2) is 44.6 Å². The van der Waals surface area contributed by atoms with E-state index in [-0.39, 0.29) is 84.1 Å². The number of aliphatic carboxylic acids is 2. The molecule has 0 bridgehead atoms. The summed E-state index contributed by atoms with van der Waals surface area (Å²) in [6.45, 7) is 0. The van der Waals surface area contributed by atoms with Gasteiger partial charge in [0.15, 0.2) is 20.0 Å². The summed E-state index contributed by atoms with van der Waals surface area (Å²) in [5.74, 6) is -4.96. The van der Waals surface area contributed by atoms with Gasteiger partial charge in [-0.1, -0.05) is 33.8 Å². The second-order valence-electron chi connectivity index (χ2n) is 10.1. The Kier molecular flexibility index (Phi) is 12.6. The number of carboxylic acid groups (broad SMARTS) is 2. The van der Waals surface area contributed by atoms with E-state index in [0.29, 0.717) is 11.4 Å². The van der Waals surface area contributed by atoms with E-state index in [1.807, 2.05) is 0 Å². The fourth-order valence-corrected chi connectivity index (χ4v) is 9.46. The van der Waals surface area contributed by atoms with Crippen molar-refractivity contribution in [2.24, 2.45) is 10.3 Å². The molecule has 25 heteroatoms. The number of β-lactam (4-membered cyclic amide) rings is 2. The zero-order valence-electron chi connectivity index (χ0n) is 26.3. The second-order valence-corrected chi connectivity index (χ2v) is 14.8. The van der Waals surface area contributed by atoms with Crippen molar-refractivity contribution in [3.8, 4) is 0 Å². The fourth-order valence-electron chi connectivity index (χ4n) is 4.95. The van der Waals surface area contributed by atoms with Gasteiger partial charge >= 0.3 is 37.7 Å². The van der Waals surface area contributed by atoms with Gasteiger partial charge in [0.1, 0.15) is 26.6 Å². The van der Waals surface area contributed by atoms with Crippen molar-refractivity contribution in [3.05, 3.63) is 45.7 Å². The molecule has 2 unspecified atom stereocenters. The molecule has 51 heavy (non-hydrogen) atoms. The number of carboxylic acids is 2. The molecule has 6 N–H and O–H groups in total. The van der Waals surface area contributed by atoms with Crippen LogP contribution in [-0.2, 0) is 48.2 Å².